The first-order valence-corrected chi connectivity index (χ1v) is 27.0. The summed E-state index contributed by atoms with van der Waals surface area (Å²) in [6.45, 7) is 6.24. The first-order chi connectivity index (χ1) is 34.0. The molecule has 0 aliphatic carbocycles. The Morgan fingerprint density at radius 2 is 0.609 bits per heavy atom. The van der Waals surface area contributed by atoms with Gasteiger partial charge in [0.25, 0.3) is 0 Å². The molecule has 0 heterocycles. The van der Waals surface area contributed by atoms with Gasteiger partial charge in [-0.1, -0.05) is 230 Å². The van der Waals surface area contributed by atoms with E-state index in [1.807, 2.05) is 6.08 Å². The molecule has 0 aromatic heterocycles. The summed E-state index contributed by atoms with van der Waals surface area (Å²) in [4.78, 5) is 37.9. The average molecular weight is 949 g/mol. The zero-order chi connectivity index (χ0) is 50.0. The Morgan fingerprint density at radius 3 is 0.957 bits per heavy atom. The van der Waals surface area contributed by atoms with E-state index in [-0.39, 0.29) is 38.0 Å². The molecule has 0 aromatic rings. The van der Waals surface area contributed by atoms with Gasteiger partial charge in [0.2, 0.25) is 0 Å². The number of carbonyl (C=O) groups excluding carboxylic acids is 3. The van der Waals surface area contributed by atoms with Crippen molar-refractivity contribution in [3.8, 4) is 0 Å². The molecule has 384 valence electrons. The van der Waals surface area contributed by atoms with Crippen molar-refractivity contribution in [2.24, 2.45) is 0 Å². The normalized spacial score (nSPS) is 13.4. The van der Waals surface area contributed by atoms with Crippen molar-refractivity contribution < 1.29 is 28.6 Å². The second-order valence-corrected chi connectivity index (χ2v) is 17.0. The lowest BCUT2D eigenvalue weighted by Crippen LogP contribution is -2.30. The number of hydrogen-bond acceptors (Lipinski definition) is 6. The fourth-order valence-electron chi connectivity index (χ4n) is 6.59. The molecular weight excluding hydrogens is 853 g/mol. The smallest absolute Gasteiger partial charge is 0.310 e. The van der Waals surface area contributed by atoms with E-state index in [1.165, 1.54) is 38.5 Å². The van der Waals surface area contributed by atoms with Crippen LogP contribution >= 0.6 is 0 Å². The first-order valence-electron chi connectivity index (χ1n) is 27.0. The number of allylic oxidation sites excluding steroid dienone is 25. The van der Waals surface area contributed by atoms with Gasteiger partial charge in [0.05, 0.1) is 6.42 Å². The minimum atomic E-state index is -0.855. The van der Waals surface area contributed by atoms with Crippen LogP contribution in [-0.2, 0) is 28.6 Å². The molecule has 0 radical (unpaired) electrons. The van der Waals surface area contributed by atoms with Gasteiger partial charge in [-0.25, -0.2) is 0 Å². The lowest BCUT2D eigenvalue weighted by molar-refractivity contribution is -0.166. The van der Waals surface area contributed by atoms with Gasteiger partial charge in [-0.15, -0.1) is 0 Å². The maximum atomic E-state index is 12.7. The molecule has 6 nitrogen and oxygen atoms in total. The number of hydrogen-bond donors (Lipinski definition) is 0. The third-order valence-corrected chi connectivity index (χ3v) is 10.6. The van der Waals surface area contributed by atoms with Gasteiger partial charge in [0.15, 0.2) is 6.10 Å². The molecule has 0 rings (SSSR count). The molecule has 0 aromatic carbocycles. The minimum absolute atomic E-state index is 0.0805. The highest BCUT2D eigenvalue weighted by atomic mass is 16.6. The van der Waals surface area contributed by atoms with Crippen LogP contribution in [0.4, 0.5) is 0 Å². The summed E-state index contributed by atoms with van der Waals surface area (Å²) in [5.41, 5.74) is 0. The molecule has 0 aliphatic rings. The van der Waals surface area contributed by atoms with Crippen LogP contribution in [0.25, 0.3) is 0 Å². The number of ether oxygens (including phenoxy) is 3. The van der Waals surface area contributed by atoms with Gasteiger partial charge in [0, 0.05) is 12.8 Å². The number of rotatable bonds is 46. The third kappa shape index (κ3) is 53.8. The summed E-state index contributed by atoms with van der Waals surface area (Å²) in [5, 5.41) is 0. The second kappa shape index (κ2) is 55.6. The van der Waals surface area contributed by atoms with Gasteiger partial charge in [-0.05, 0) is 109 Å². The third-order valence-electron chi connectivity index (χ3n) is 10.6. The quantitative estimate of drug-likeness (QED) is 0.0262. The van der Waals surface area contributed by atoms with Crippen LogP contribution in [0.3, 0.4) is 0 Å². The van der Waals surface area contributed by atoms with Crippen molar-refractivity contribution in [2.45, 2.75) is 207 Å². The predicted molar refractivity (Wildman–Crippen MR) is 297 cm³/mol. The molecule has 1 atom stereocenters. The monoisotopic (exact) mass is 949 g/mol. The summed E-state index contributed by atoms with van der Waals surface area (Å²) >= 11 is 0. The molecule has 0 bridgehead atoms. The zero-order valence-corrected chi connectivity index (χ0v) is 43.8. The lowest BCUT2D eigenvalue weighted by atomic mass is 10.1. The molecule has 0 amide bonds. The van der Waals surface area contributed by atoms with Crippen molar-refractivity contribution in [1.29, 1.82) is 0 Å². The number of unbranched alkanes of at least 4 members (excludes halogenated alkanes) is 10. The first kappa shape index (κ1) is 64.0. The Hall–Kier alpha value is -4.97. The van der Waals surface area contributed by atoms with Gasteiger partial charge in [-0.2, -0.15) is 0 Å². The van der Waals surface area contributed by atoms with E-state index in [4.69, 9.17) is 14.2 Å². The van der Waals surface area contributed by atoms with Crippen LogP contribution in [-0.4, -0.2) is 37.2 Å². The number of carbonyl (C=O) groups is 3. The van der Waals surface area contributed by atoms with E-state index in [1.54, 1.807) is 6.08 Å². The number of esters is 3. The summed E-state index contributed by atoms with van der Waals surface area (Å²) in [6.07, 6.45) is 81.3. The molecule has 0 aliphatic heterocycles. The van der Waals surface area contributed by atoms with Crippen molar-refractivity contribution >= 4 is 17.9 Å². The minimum Gasteiger partial charge on any atom is -0.462 e. The van der Waals surface area contributed by atoms with E-state index in [0.717, 1.165) is 109 Å². The molecule has 0 saturated heterocycles. The van der Waals surface area contributed by atoms with Crippen molar-refractivity contribution in [2.75, 3.05) is 13.2 Å². The summed E-state index contributed by atoms with van der Waals surface area (Å²) in [7, 11) is 0. The highest BCUT2D eigenvalue weighted by Crippen LogP contribution is 2.12. The molecule has 0 N–H and O–H groups in total. The largest absolute Gasteiger partial charge is 0.462 e. The van der Waals surface area contributed by atoms with E-state index in [2.05, 4.69) is 167 Å². The summed E-state index contributed by atoms with van der Waals surface area (Å²) < 4.78 is 16.6. The van der Waals surface area contributed by atoms with Gasteiger partial charge in [0.1, 0.15) is 13.2 Å². The van der Waals surface area contributed by atoms with Gasteiger partial charge in [-0.3, -0.25) is 14.4 Å². The Bertz CT molecular complexity index is 1610. The Kier molecular flexibility index (Phi) is 51.6. The van der Waals surface area contributed by atoms with Crippen molar-refractivity contribution in [3.63, 3.8) is 0 Å². The van der Waals surface area contributed by atoms with Crippen LogP contribution in [0, 0.1) is 0 Å². The molecule has 0 spiro atoms. The molecule has 6 heteroatoms. The van der Waals surface area contributed by atoms with Crippen LogP contribution in [0.2, 0.25) is 0 Å². The van der Waals surface area contributed by atoms with Crippen LogP contribution < -0.4 is 0 Å². The Labute approximate surface area is 422 Å². The average Bonchev–Trinajstić information content (AvgIpc) is 3.35. The molecule has 1 unspecified atom stereocenters. The van der Waals surface area contributed by atoms with Crippen LogP contribution in [0.15, 0.2) is 158 Å². The Balaban J connectivity index is 4.48. The maximum absolute atomic E-state index is 12.7. The van der Waals surface area contributed by atoms with E-state index < -0.39 is 12.1 Å². The fourth-order valence-corrected chi connectivity index (χ4v) is 6.59. The van der Waals surface area contributed by atoms with Gasteiger partial charge >= 0.3 is 17.9 Å². The fraction of sp³-hybridized carbons (Fsp3) is 0.540. The van der Waals surface area contributed by atoms with Crippen LogP contribution in [0.1, 0.15) is 201 Å². The lowest BCUT2D eigenvalue weighted by Gasteiger charge is -2.18. The van der Waals surface area contributed by atoms with Crippen molar-refractivity contribution in [1.82, 2.24) is 0 Å². The van der Waals surface area contributed by atoms with Crippen LogP contribution in [0.5, 0.6) is 0 Å². The molecule has 0 fully saturated rings. The summed E-state index contributed by atoms with van der Waals surface area (Å²) in [5.74, 6) is -1.13. The second-order valence-electron chi connectivity index (χ2n) is 17.0. The SMILES string of the molecule is CC/C=C\C/C=C\C/C=C\C/C=C\C/C=C\C/C=C\C/C=C\C/C=C\CCCCC(=O)OCC(COC(=O)CCCCCCCCCCC)OC(=O)C/C=C\C/C=C\C/C=C\C/C=C\C/C=C\CC. The van der Waals surface area contributed by atoms with E-state index >= 15 is 0 Å². The maximum Gasteiger partial charge on any atom is 0.310 e. The predicted octanol–water partition coefficient (Wildman–Crippen LogP) is 18.2. The Morgan fingerprint density at radius 1 is 0.319 bits per heavy atom. The molecule has 69 heavy (non-hydrogen) atoms. The van der Waals surface area contributed by atoms with Crippen molar-refractivity contribution in [3.05, 3.63) is 158 Å². The standard InChI is InChI=1S/C63H96O6/c1-4-7-10-13-16-19-21-23-25-26-27-28-29-30-31-32-33-34-35-36-38-39-41-44-47-50-53-56-62(65)68-59-60(58-67-61(64)55-52-49-46-43-18-15-12-9-6-3)69-63(66)57-54-51-48-45-42-40-37-24-22-20-17-14-11-8-5-2/h7-8,10-11,16-17,19-20,23-25,27-28,30-31,33-34,36-38,41-42,44-45,51,54,60H,4-6,9,12-15,18,21-22,26,29,32,35,39-40,43,46-50,52-53,55-59H2,1-3H3/b10-7-,11-8-,19-16-,20-17-,25-23-,28-27-,31-30-,34-33-,37-24-,38-36-,44-41-,45-42-,54-51-. The van der Waals surface area contributed by atoms with Gasteiger partial charge < -0.3 is 14.2 Å². The molecular formula is C63H96O6. The highest BCUT2D eigenvalue weighted by Gasteiger charge is 2.19. The topological polar surface area (TPSA) is 78.9 Å². The highest BCUT2D eigenvalue weighted by molar-refractivity contribution is 5.72. The zero-order valence-electron chi connectivity index (χ0n) is 43.8. The summed E-state index contributed by atoms with van der Waals surface area (Å²) in [6, 6.07) is 0. The van der Waals surface area contributed by atoms with E-state index in [0.29, 0.717) is 19.3 Å². The molecule has 0 saturated carbocycles. The van der Waals surface area contributed by atoms with E-state index in [9.17, 15) is 14.4 Å².